The zero-order valence-electron chi connectivity index (χ0n) is 10.9. The second-order valence-corrected chi connectivity index (χ2v) is 4.76. The van der Waals surface area contributed by atoms with Crippen molar-refractivity contribution in [2.45, 2.75) is 58.3 Å². The second-order valence-electron chi connectivity index (χ2n) is 3.71. The summed E-state index contributed by atoms with van der Waals surface area (Å²) in [5.74, 6) is 0. The Hall–Kier alpha value is 0.830. The predicted molar refractivity (Wildman–Crippen MR) is 61.9 cm³/mol. The molecule has 5 nitrogen and oxygen atoms in total. The minimum absolute atomic E-state index is 0. The molecular weight excluding hydrogens is 255 g/mol. The zero-order chi connectivity index (χ0) is 11.6. The summed E-state index contributed by atoms with van der Waals surface area (Å²) < 4.78 is 34.3. The van der Waals surface area contributed by atoms with Crippen molar-refractivity contribution in [1.82, 2.24) is 0 Å². The molecular formula is C10H23NaO5S. The van der Waals surface area contributed by atoms with Crippen LogP contribution in [0.25, 0.3) is 0 Å². The Morgan fingerprint density at radius 3 is 1.76 bits per heavy atom. The Kier molecular flexibility index (Phi) is 20.1. The molecule has 100 valence electrons. The monoisotopic (exact) mass is 278 g/mol. The van der Waals surface area contributed by atoms with Crippen molar-refractivity contribution < 1.29 is 52.2 Å². The van der Waals surface area contributed by atoms with E-state index in [1.807, 2.05) is 0 Å². The molecule has 0 aliphatic carbocycles. The first kappa shape index (κ1) is 23.0. The molecule has 17 heavy (non-hydrogen) atoms. The van der Waals surface area contributed by atoms with Gasteiger partial charge in [0, 0.05) is 0 Å². The molecule has 0 aliphatic rings. The molecule has 7 heteroatoms. The Morgan fingerprint density at radius 2 is 1.35 bits per heavy atom. The molecule has 2 N–H and O–H groups in total. The maximum Gasteiger partial charge on any atom is 1.00 e. The van der Waals surface area contributed by atoms with Gasteiger partial charge in [-0.05, 0) is 6.42 Å². The Morgan fingerprint density at radius 1 is 0.941 bits per heavy atom. The van der Waals surface area contributed by atoms with E-state index in [1.54, 1.807) is 0 Å². The summed E-state index contributed by atoms with van der Waals surface area (Å²) in [4.78, 5) is 0. The molecule has 0 radical (unpaired) electrons. The van der Waals surface area contributed by atoms with Crippen molar-refractivity contribution >= 4 is 10.4 Å². The largest absolute Gasteiger partial charge is 1.00 e. The van der Waals surface area contributed by atoms with Gasteiger partial charge in [-0.2, -0.15) is 0 Å². The van der Waals surface area contributed by atoms with Crippen molar-refractivity contribution in [1.29, 1.82) is 0 Å². The van der Waals surface area contributed by atoms with Gasteiger partial charge in [-0.15, -0.1) is 0 Å². The van der Waals surface area contributed by atoms with E-state index in [9.17, 15) is 13.0 Å². The molecule has 0 saturated heterocycles. The molecule has 0 aromatic carbocycles. The molecule has 0 saturated carbocycles. The standard InChI is InChI=1S/C10H22O4S.Na.H2O/c1-2-3-4-5-6-7-8-9-10-14-15(11,12)13;;/h2-10H2,1H3,(H,11,12,13);;1H2/q;+1;/p-1. The van der Waals surface area contributed by atoms with E-state index in [2.05, 4.69) is 11.1 Å². The maximum atomic E-state index is 10.1. The van der Waals surface area contributed by atoms with E-state index < -0.39 is 10.4 Å². The van der Waals surface area contributed by atoms with E-state index in [1.165, 1.54) is 32.1 Å². The van der Waals surface area contributed by atoms with Crippen LogP contribution in [0.1, 0.15) is 58.3 Å². The third kappa shape index (κ3) is 22.5. The van der Waals surface area contributed by atoms with E-state index in [4.69, 9.17) is 0 Å². The fourth-order valence-corrected chi connectivity index (χ4v) is 1.72. The van der Waals surface area contributed by atoms with Gasteiger partial charge < -0.3 is 10.0 Å². The number of rotatable bonds is 10. The Labute approximate surface area is 127 Å². The van der Waals surface area contributed by atoms with Crippen LogP contribution >= 0.6 is 0 Å². The Balaban J connectivity index is -0.000000980. The maximum absolute atomic E-state index is 10.1. The van der Waals surface area contributed by atoms with Crippen LogP contribution in [-0.2, 0) is 14.6 Å². The Bertz CT molecular complexity index is 231. The average Bonchev–Trinajstić information content (AvgIpc) is 2.14. The fourth-order valence-electron chi connectivity index (χ4n) is 1.40. The fraction of sp³-hybridized carbons (Fsp3) is 1.00. The molecule has 0 atom stereocenters. The zero-order valence-corrected chi connectivity index (χ0v) is 13.7. The van der Waals surface area contributed by atoms with Gasteiger partial charge in [0.1, 0.15) is 0 Å². The van der Waals surface area contributed by atoms with Crippen LogP contribution in [0, 0.1) is 0 Å². The van der Waals surface area contributed by atoms with Gasteiger partial charge in [0.2, 0.25) is 10.4 Å². The minimum atomic E-state index is -4.48. The predicted octanol–water partition coefficient (Wildman–Crippen LogP) is -1.22. The number of hydrogen-bond acceptors (Lipinski definition) is 4. The first-order valence-corrected chi connectivity index (χ1v) is 7.00. The smallest absolute Gasteiger partial charge is 0.726 e. The van der Waals surface area contributed by atoms with E-state index in [-0.39, 0.29) is 41.6 Å². The third-order valence-electron chi connectivity index (χ3n) is 2.23. The number of unbranched alkanes of at least 4 members (excludes halogenated alkanes) is 7. The molecule has 0 rings (SSSR count). The van der Waals surface area contributed by atoms with Crippen LogP contribution < -0.4 is 29.6 Å². The summed E-state index contributed by atoms with van der Waals surface area (Å²) in [5.41, 5.74) is 0. The molecule has 0 aliphatic heterocycles. The van der Waals surface area contributed by atoms with Crippen LogP contribution in [-0.4, -0.2) is 25.1 Å². The third-order valence-corrected chi connectivity index (χ3v) is 2.68. The van der Waals surface area contributed by atoms with E-state index >= 15 is 0 Å². The van der Waals surface area contributed by atoms with Crippen LogP contribution in [0.3, 0.4) is 0 Å². The molecule has 0 spiro atoms. The van der Waals surface area contributed by atoms with Gasteiger partial charge in [0.15, 0.2) is 0 Å². The van der Waals surface area contributed by atoms with Crippen LogP contribution in [0.2, 0.25) is 0 Å². The first-order valence-electron chi connectivity index (χ1n) is 5.66. The minimum Gasteiger partial charge on any atom is -0.726 e. The van der Waals surface area contributed by atoms with Gasteiger partial charge in [0.25, 0.3) is 0 Å². The molecule has 0 heterocycles. The van der Waals surface area contributed by atoms with Gasteiger partial charge >= 0.3 is 29.6 Å². The second kappa shape index (κ2) is 14.9. The normalized spacial score (nSPS) is 10.5. The van der Waals surface area contributed by atoms with Crippen LogP contribution in [0.4, 0.5) is 0 Å². The van der Waals surface area contributed by atoms with Crippen molar-refractivity contribution in [3.63, 3.8) is 0 Å². The van der Waals surface area contributed by atoms with Gasteiger partial charge in [0.05, 0.1) is 6.61 Å². The van der Waals surface area contributed by atoms with Crippen molar-refractivity contribution in [3.05, 3.63) is 0 Å². The summed E-state index contributed by atoms with van der Waals surface area (Å²) in [5, 5.41) is 0. The van der Waals surface area contributed by atoms with Crippen LogP contribution in [0.15, 0.2) is 0 Å². The molecule has 0 unspecified atom stereocenters. The summed E-state index contributed by atoms with van der Waals surface area (Å²) in [6.07, 6.45) is 8.91. The summed E-state index contributed by atoms with van der Waals surface area (Å²) >= 11 is 0. The quantitative estimate of drug-likeness (QED) is 0.216. The van der Waals surface area contributed by atoms with Gasteiger partial charge in [-0.1, -0.05) is 51.9 Å². The van der Waals surface area contributed by atoms with Crippen molar-refractivity contribution in [2.24, 2.45) is 0 Å². The van der Waals surface area contributed by atoms with Crippen LogP contribution in [0.5, 0.6) is 0 Å². The SMILES string of the molecule is CCCCCCCCCCOS(=O)(=O)[O-].O.[Na+]. The number of hydrogen-bond donors (Lipinski definition) is 0. The first-order chi connectivity index (χ1) is 7.06. The van der Waals surface area contributed by atoms with E-state index in [0.29, 0.717) is 6.42 Å². The molecule has 0 aromatic rings. The molecule has 0 bridgehead atoms. The van der Waals surface area contributed by atoms with Crippen molar-refractivity contribution in [2.75, 3.05) is 6.61 Å². The molecule has 0 fully saturated rings. The van der Waals surface area contributed by atoms with Gasteiger partial charge in [-0.25, -0.2) is 8.42 Å². The van der Waals surface area contributed by atoms with Crippen molar-refractivity contribution in [3.8, 4) is 0 Å². The molecule has 0 aromatic heterocycles. The topological polar surface area (TPSA) is 97.9 Å². The van der Waals surface area contributed by atoms with E-state index in [0.717, 1.165) is 12.8 Å². The molecule has 0 amide bonds. The summed E-state index contributed by atoms with van der Waals surface area (Å²) in [6.45, 7) is 2.21. The average molecular weight is 278 g/mol. The summed E-state index contributed by atoms with van der Waals surface area (Å²) in [6, 6.07) is 0. The van der Waals surface area contributed by atoms with Gasteiger partial charge in [-0.3, -0.25) is 4.18 Å². The summed E-state index contributed by atoms with van der Waals surface area (Å²) in [7, 11) is -4.48.